The highest BCUT2D eigenvalue weighted by atomic mass is 16.2. The number of nitrogens with zero attached hydrogens (tertiary/aromatic N) is 4. The fourth-order valence-corrected chi connectivity index (χ4v) is 2.88. The van der Waals surface area contributed by atoms with Crippen LogP contribution in [0.3, 0.4) is 0 Å². The summed E-state index contributed by atoms with van der Waals surface area (Å²) in [6.45, 7) is 3.77. The van der Waals surface area contributed by atoms with Gasteiger partial charge in [0.2, 0.25) is 0 Å². The van der Waals surface area contributed by atoms with Gasteiger partial charge in [0, 0.05) is 13.1 Å². The maximum Gasteiger partial charge on any atom is 0.318 e. The zero-order valence-electron chi connectivity index (χ0n) is 15.9. The fourth-order valence-electron chi connectivity index (χ4n) is 2.88. The van der Waals surface area contributed by atoms with E-state index in [9.17, 15) is 4.79 Å². The van der Waals surface area contributed by atoms with Crippen LogP contribution < -0.4 is 5.32 Å². The van der Waals surface area contributed by atoms with Gasteiger partial charge in [0.15, 0.2) is 0 Å². The summed E-state index contributed by atoms with van der Waals surface area (Å²) in [5.41, 5.74) is 4.33. The Kier molecular flexibility index (Phi) is 6.42. The smallest absolute Gasteiger partial charge is 0.318 e. The lowest BCUT2D eigenvalue weighted by Gasteiger charge is -2.21. The van der Waals surface area contributed by atoms with Gasteiger partial charge in [0.25, 0.3) is 0 Å². The topological polar surface area (TPSA) is 63.1 Å². The molecule has 0 atom stereocenters. The molecule has 0 radical (unpaired) electrons. The number of terminal acetylenes is 1. The minimum absolute atomic E-state index is 0.186. The molecule has 0 unspecified atom stereocenters. The highest BCUT2D eigenvalue weighted by Crippen LogP contribution is 2.11. The predicted octanol–water partition coefficient (Wildman–Crippen LogP) is 2.98. The van der Waals surface area contributed by atoms with Crippen molar-refractivity contribution in [3.05, 3.63) is 83.4 Å². The van der Waals surface area contributed by atoms with Gasteiger partial charge in [-0.15, -0.1) is 6.42 Å². The molecule has 3 aromatic rings. The molecule has 0 spiro atoms. The van der Waals surface area contributed by atoms with Crippen molar-refractivity contribution in [1.29, 1.82) is 0 Å². The third-order valence-electron chi connectivity index (χ3n) is 4.41. The lowest BCUT2D eigenvalue weighted by atomic mass is 10.1. The molecule has 2 aromatic carbocycles. The van der Waals surface area contributed by atoms with Gasteiger partial charge in [0.05, 0.1) is 13.1 Å². The molecular weight excluding hydrogens is 350 g/mol. The molecule has 2 amide bonds. The number of aryl methyl sites for hydroxylation is 1. The molecule has 142 valence electrons. The lowest BCUT2D eigenvalue weighted by molar-refractivity contribution is 0.201. The third kappa shape index (κ3) is 5.21. The SMILES string of the molecule is C#CCN(Cc1ccc(C)cc1)C(=O)NCc1ccccc1Cn1cncn1. The maximum absolute atomic E-state index is 12.7. The summed E-state index contributed by atoms with van der Waals surface area (Å²) in [4.78, 5) is 18.3. The fraction of sp³-hybridized carbons (Fsp3) is 0.227. The van der Waals surface area contributed by atoms with Crippen molar-refractivity contribution in [2.75, 3.05) is 6.54 Å². The second-order valence-electron chi connectivity index (χ2n) is 6.57. The first kappa shape index (κ1) is 19.2. The second kappa shape index (κ2) is 9.38. The van der Waals surface area contributed by atoms with E-state index in [2.05, 4.69) is 21.3 Å². The van der Waals surface area contributed by atoms with E-state index in [1.807, 2.05) is 55.5 Å². The van der Waals surface area contributed by atoms with Crippen LogP contribution in [0.4, 0.5) is 4.79 Å². The Hall–Kier alpha value is -3.59. The van der Waals surface area contributed by atoms with Gasteiger partial charge in [-0.05, 0) is 23.6 Å². The molecule has 1 N–H and O–H groups in total. The third-order valence-corrected chi connectivity index (χ3v) is 4.41. The Labute approximate surface area is 165 Å². The molecule has 0 fully saturated rings. The van der Waals surface area contributed by atoms with E-state index >= 15 is 0 Å². The highest BCUT2D eigenvalue weighted by molar-refractivity contribution is 5.74. The zero-order valence-corrected chi connectivity index (χ0v) is 15.9. The number of hydrogen-bond donors (Lipinski definition) is 1. The monoisotopic (exact) mass is 373 g/mol. The van der Waals surface area contributed by atoms with Crippen molar-refractivity contribution in [1.82, 2.24) is 25.0 Å². The first-order valence-electron chi connectivity index (χ1n) is 9.06. The van der Waals surface area contributed by atoms with Crippen LogP contribution in [0.15, 0.2) is 61.2 Å². The number of hydrogen-bond acceptors (Lipinski definition) is 3. The van der Waals surface area contributed by atoms with Gasteiger partial charge in [-0.25, -0.2) is 14.5 Å². The summed E-state index contributed by atoms with van der Waals surface area (Å²) in [5.74, 6) is 2.57. The number of nitrogens with one attached hydrogen (secondary N) is 1. The highest BCUT2D eigenvalue weighted by Gasteiger charge is 2.13. The number of urea groups is 1. The average molecular weight is 373 g/mol. The molecule has 1 aromatic heterocycles. The summed E-state index contributed by atoms with van der Waals surface area (Å²) in [6.07, 6.45) is 8.64. The normalized spacial score (nSPS) is 10.3. The van der Waals surface area contributed by atoms with Crippen LogP contribution in [0.1, 0.15) is 22.3 Å². The van der Waals surface area contributed by atoms with E-state index in [4.69, 9.17) is 6.42 Å². The molecule has 1 heterocycles. The number of aromatic nitrogens is 3. The summed E-state index contributed by atoms with van der Waals surface area (Å²) < 4.78 is 1.75. The van der Waals surface area contributed by atoms with Gasteiger partial charge < -0.3 is 10.2 Å². The summed E-state index contributed by atoms with van der Waals surface area (Å²) in [6, 6.07) is 15.8. The van der Waals surface area contributed by atoms with Crippen LogP contribution in [0, 0.1) is 19.3 Å². The number of carbonyl (C=O) groups is 1. The van der Waals surface area contributed by atoms with E-state index < -0.39 is 0 Å². The Morgan fingerprint density at radius 3 is 2.61 bits per heavy atom. The van der Waals surface area contributed by atoms with Crippen LogP contribution in [-0.2, 0) is 19.6 Å². The molecule has 6 nitrogen and oxygen atoms in total. The van der Waals surface area contributed by atoms with Crippen molar-refractivity contribution in [3.63, 3.8) is 0 Å². The summed E-state index contributed by atoms with van der Waals surface area (Å²) in [7, 11) is 0. The summed E-state index contributed by atoms with van der Waals surface area (Å²) >= 11 is 0. The van der Waals surface area contributed by atoms with E-state index in [1.54, 1.807) is 15.9 Å². The number of amides is 2. The molecule has 0 aliphatic rings. The van der Waals surface area contributed by atoms with Crippen LogP contribution in [0.5, 0.6) is 0 Å². The Balaban J connectivity index is 1.64. The Morgan fingerprint density at radius 2 is 1.93 bits per heavy atom. The van der Waals surface area contributed by atoms with Gasteiger partial charge >= 0.3 is 6.03 Å². The van der Waals surface area contributed by atoms with Crippen LogP contribution in [0.2, 0.25) is 0 Å². The molecule has 0 aliphatic carbocycles. The van der Waals surface area contributed by atoms with Gasteiger partial charge in [-0.1, -0.05) is 60.0 Å². The van der Waals surface area contributed by atoms with Crippen LogP contribution in [-0.4, -0.2) is 32.2 Å². The van der Waals surface area contributed by atoms with Crippen molar-refractivity contribution >= 4 is 6.03 Å². The molecule has 0 saturated carbocycles. The van der Waals surface area contributed by atoms with Crippen molar-refractivity contribution in [3.8, 4) is 12.3 Å². The van der Waals surface area contributed by atoms with E-state index in [-0.39, 0.29) is 12.6 Å². The first-order valence-corrected chi connectivity index (χ1v) is 9.06. The van der Waals surface area contributed by atoms with E-state index in [0.29, 0.717) is 19.6 Å². The molecule has 6 heteroatoms. The van der Waals surface area contributed by atoms with Gasteiger partial charge in [-0.3, -0.25) is 0 Å². The predicted molar refractivity (Wildman–Crippen MR) is 108 cm³/mol. The van der Waals surface area contributed by atoms with Crippen LogP contribution >= 0.6 is 0 Å². The molecule has 0 saturated heterocycles. The quantitative estimate of drug-likeness (QED) is 0.648. The number of rotatable bonds is 7. The lowest BCUT2D eigenvalue weighted by Crippen LogP contribution is -2.39. The van der Waals surface area contributed by atoms with Gasteiger partial charge in [0.1, 0.15) is 12.7 Å². The molecule has 28 heavy (non-hydrogen) atoms. The second-order valence-corrected chi connectivity index (χ2v) is 6.57. The van der Waals surface area contributed by atoms with Crippen molar-refractivity contribution < 1.29 is 4.79 Å². The maximum atomic E-state index is 12.7. The summed E-state index contributed by atoms with van der Waals surface area (Å²) in [5, 5.41) is 7.12. The number of benzene rings is 2. The standard InChI is InChI=1S/C22H23N5O/c1-3-12-26(14-19-10-8-18(2)9-11-19)22(28)24-13-20-6-4-5-7-21(20)15-27-17-23-16-25-27/h1,4-11,16-17H,12-15H2,2H3,(H,24,28). The number of carbonyl (C=O) groups excluding carboxylic acids is 1. The van der Waals surface area contributed by atoms with Crippen molar-refractivity contribution in [2.24, 2.45) is 0 Å². The minimum Gasteiger partial charge on any atom is -0.334 e. The average Bonchev–Trinajstić information content (AvgIpc) is 3.21. The van der Waals surface area contributed by atoms with E-state index in [1.165, 1.54) is 11.9 Å². The zero-order chi connectivity index (χ0) is 19.8. The molecule has 3 rings (SSSR count). The largest absolute Gasteiger partial charge is 0.334 e. The van der Waals surface area contributed by atoms with Crippen molar-refractivity contribution in [2.45, 2.75) is 26.6 Å². The van der Waals surface area contributed by atoms with E-state index in [0.717, 1.165) is 16.7 Å². The molecular formula is C22H23N5O. The molecule has 0 aliphatic heterocycles. The minimum atomic E-state index is -0.186. The first-order chi connectivity index (χ1) is 13.7. The molecule has 0 bridgehead atoms. The Bertz CT molecular complexity index is 942. The van der Waals surface area contributed by atoms with Gasteiger partial charge in [-0.2, -0.15) is 5.10 Å². The van der Waals surface area contributed by atoms with Crippen LogP contribution in [0.25, 0.3) is 0 Å². The Morgan fingerprint density at radius 1 is 1.18 bits per heavy atom.